The molecule has 3 nitrogen and oxygen atoms in total. The quantitative estimate of drug-likeness (QED) is 0.881. The molecule has 1 aromatic heterocycles. The van der Waals surface area contributed by atoms with Crippen molar-refractivity contribution in [3.8, 4) is 0 Å². The Bertz CT molecular complexity index is 570. The van der Waals surface area contributed by atoms with E-state index in [9.17, 15) is 8.78 Å². The summed E-state index contributed by atoms with van der Waals surface area (Å²) in [5.41, 5.74) is 1.47. The Morgan fingerprint density at radius 2 is 1.71 bits per heavy atom. The second-order valence-electron chi connectivity index (χ2n) is 4.90. The number of rotatable bonds is 6. The van der Waals surface area contributed by atoms with E-state index in [2.05, 4.69) is 22.2 Å². The summed E-state index contributed by atoms with van der Waals surface area (Å²) in [5, 5.41) is 3.16. The molecule has 1 heterocycles. The summed E-state index contributed by atoms with van der Waals surface area (Å²) in [5.74, 6) is 0.160. The first-order valence-electron chi connectivity index (χ1n) is 7.16. The molecule has 21 heavy (non-hydrogen) atoms. The molecular weight excluding hydrogens is 272 g/mol. The number of halogens is 2. The van der Waals surface area contributed by atoms with Gasteiger partial charge >= 0.3 is 0 Å². The molecule has 0 unspecified atom stereocenters. The second-order valence-corrected chi connectivity index (χ2v) is 4.90. The van der Waals surface area contributed by atoms with Crippen LogP contribution in [0.2, 0.25) is 0 Å². The molecule has 0 saturated heterocycles. The average molecular weight is 291 g/mol. The molecule has 0 bridgehead atoms. The van der Waals surface area contributed by atoms with Gasteiger partial charge in [-0.15, -0.1) is 0 Å². The number of benzene rings is 1. The second kappa shape index (κ2) is 7.11. The fourth-order valence-electron chi connectivity index (χ4n) is 2.18. The highest BCUT2D eigenvalue weighted by Gasteiger charge is 2.07. The Morgan fingerprint density at radius 3 is 2.33 bits per heavy atom. The Morgan fingerprint density at radius 1 is 1.00 bits per heavy atom. The van der Waals surface area contributed by atoms with Gasteiger partial charge in [0, 0.05) is 30.8 Å². The number of nitrogens with one attached hydrogen (secondary N) is 1. The van der Waals surface area contributed by atoms with Crippen LogP contribution in [0.3, 0.4) is 0 Å². The third-order valence-electron chi connectivity index (χ3n) is 2.97. The molecule has 0 fully saturated rings. The van der Waals surface area contributed by atoms with Gasteiger partial charge < -0.3 is 5.32 Å². The normalized spacial score (nSPS) is 10.7. The minimum absolute atomic E-state index is 0.310. The van der Waals surface area contributed by atoms with E-state index in [1.54, 1.807) is 0 Å². The van der Waals surface area contributed by atoms with E-state index >= 15 is 0 Å². The van der Waals surface area contributed by atoms with E-state index in [-0.39, 0.29) is 0 Å². The topological polar surface area (TPSA) is 37.8 Å². The van der Waals surface area contributed by atoms with Crippen molar-refractivity contribution < 1.29 is 8.78 Å². The summed E-state index contributed by atoms with van der Waals surface area (Å²) >= 11 is 0. The Kier molecular flexibility index (Phi) is 5.20. The lowest BCUT2D eigenvalue weighted by molar-refractivity contribution is 0.580. The smallest absolute Gasteiger partial charge is 0.135 e. The van der Waals surface area contributed by atoms with Crippen molar-refractivity contribution in [2.45, 2.75) is 33.1 Å². The molecule has 0 aliphatic rings. The lowest BCUT2D eigenvalue weighted by Crippen LogP contribution is -2.07. The summed E-state index contributed by atoms with van der Waals surface area (Å²) in [4.78, 5) is 8.86. The molecule has 0 atom stereocenters. The fraction of sp³-hybridized carbons (Fsp3) is 0.375. The van der Waals surface area contributed by atoms with Gasteiger partial charge in [0.2, 0.25) is 0 Å². The van der Waals surface area contributed by atoms with Crippen molar-refractivity contribution in [1.82, 2.24) is 9.97 Å². The summed E-state index contributed by atoms with van der Waals surface area (Å²) in [7, 11) is 0. The lowest BCUT2D eigenvalue weighted by atomic mass is 10.1. The Balaban J connectivity index is 2.28. The highest BCUT2D eigenvalue weighted by molar-refractivity contribution is 5.37. The average Bonchev–Trinajstić information content (AvgIpc) is 2.37. The highest BCUT2D eigenvalue weighted by atomic mass is 19.1. The molecule has 0 aliphatic heterocycles. The Hall–Kier alpha value is -2.04. The van der Waals surface area contributed by atoms with Crippen LogP contribution in [0, 0.1) is 11.6 Å². The van der Waals surface area contributed by atoms with Gasteiger partial charge in [0.15, 0.2) is 0 Å². The summed E-state index contributed by atoms with van der Waals surface area (Å²) in [6.45, 7) is 4.83. The molecule has 2 rings (SSSR count). The zero-order valence-electron chi connectivity index (χ0n) is 12.3. The third kappa shape index (κ3) is 4.48. The fourth-order valence-corrected chi connectivity index (χ4v) is 2.18. The first-order valence-corrected chi connectivity index (χ1v) is 7.16. The third-order valence-corrected chi connectivity index (χ3v) is 2.97. The molecule has 0 spiro atoms. The number of hydrogen-bond acceptors (Lipinski definition) is 3. The van der Waals surface area contributed by atoms with E-state index < -0.39 is 11.6 Å². The first kappa shape index (κ1) is 15.4. The molecule has 0 amide bonds. The predicted molar refractivity (Wildman–Crippen MR) is 79.4 cm³/mol. The molecule has 0 radical (unpaired) electrons. The van der Waals surface area contributed by atoms with E-state index in [0.29, 0.717) is 17.8 Å². The summed E-state index contributed by atoms with van der Waals surface area (Å²) in [6, 6.07) is 5.41. The van der Waals surface area contributed by atoms with Gasteiger partial charge in [-0.2, -0.15) is 0 Å². The zero-order chi connectivity index (χ0) is 15.2. The van der Waals surface area contributed by atoms with E-state index in [0.717, 1.165) is 37.0 Å². The monoisotopic (exact) mass is 291 g/mol. The van der Waals surface area contributed by atoms with E-state index in [1.165, 1.54) is 12.1 Å². The Labute approximate surface area is 123 Å². The summed E-state index contributed by atoms with van der Waals surface area (Å²) < 4.78 is 26.5. The van der Waals surface area contributed by atoms with Gasteiger partial charge in [-0.3, -0.25) is 0 Å². The minimum Gasteiger partial charge on any atom is -0.370 e. The van der Waals surface area contributed by atoms with Crippen molar-refractivity contribution in [2.75, 3.05) is 11.9 Å². The summed E-state index contributed by atoms with van der Waals surface area (Å²) in [6.07, 6.45) is 2.15. The molecule has 112 valence electrons. The maximum absolute atomic E-state index is 13.2. The van der Waals surface area contributed by atoms with Crippen LogP contribution in [-0.4, -0.2) is 16.5 Å². The van der Waals surface area contributed by atoms with Crippen molar-refractivity contribution in [1.29, 1.82) is 0 Å². The van der Waals surface area contributed by atoms with Crippen LogP contribution < -0.4 is 5.32 Å². The van der Waals surface area contributed by atoms with E-state index in [4.69, 9.17) is 0 Å². The standard InChI is InChI=1S/C16H19F2N3/c1-3-5-14-10-15(19-4-2)21-16(20-14)8-11-6-12(17)9-13(18)7-11/h6-7,9-10H,3-5,8H2,1-2H3,(H,19,20,21). The molecule has 0 aliphatic carbocycles. The van der Waals surface area contributed by atoms with Gasteiger partial charge in [0.1, 0.15) is 23.3 Å². The van der Waals surface area contributed by atoms with Crippen LogP contribution in [0.25, 0.3) is 0 Å². The number of anilines is 1. The molecule has 0 saturated carbocycles. The predicted octanol–water partition coefficient (Wildman–Crippen LogP) is 3.73. The molecule has 1 N–H and O–H groups in total. The van der Waals surface area contributed by atoms with Crippen LogP contribution in [0.5, 0.6) is 0 Å². The van der Waals surface area contributed by atoms with Crippen LogP contribution in [-0.2, 0) is 12.8 Å². The molecule has 2 aromatic rings. The highest BCUT2D eigenvalue weighted by Crippen LogP contribution is 2.14. The number of nitrogens with zero attached hydrogens (tertiary/aromatic N) is 2. The van der Waals surface area contributed by atoms with Gasteiger partial charge in [-0.05, 0) is 31.0 Å². The maximum atomic E-state index is 13.2. The minimum atomic E-state index is -0.582. The first-order chi connectivity index (χ1) is 10.1. The number of aryl methyl sites for hydroxylation is 1. The van der Waals surface area contributed by atoms with Gasteiger partial charge in [-0.25, -0.2) is 18.7 Å². The van der Waals surface area contributed by atoms with Crippen molar-refractivity contribution in [3.63, 3.8) is 0 Å². The lowest BCUT2D eigenvalue weighted by Gasteiger charge is -2.09. The maximum Gasteiger partial charge on any atom is 0.135 e. The largest absolute Gasteiger partial charge is 0.370 e. The number of hydrogen-bond donors (Lipinski definition) is 1. The van der Waals surface area contributed by atoms with Gasteiger partial charge in [0.25, 0.3) is 0 Å². The molecular formula is C16H19F2N3. The van der Waals surface area contributed by atoms with Crippen molar-refractivity contribution in [2.24, 2.45) is 0 Å². The zero-order valence-corrected chi connectivity index (χ0v) is 12.3. The molecule has 5 heteroatoms. The van der Waals surface area contributed by atoms with Crippen molar-refractivity contribution >= 4 is 5.82 Å². The van der Waals surface area contributed by atoms with Gasteiger partial charge in [0.05, 0.1) is 0 Å². The van der Waals surface area contributed by atoms with Crippen LogP contribution in [0.4, 0.5) is 14.6 Å². The van der Waals surface area contributed by atoms with Crippen LogP contribution in [0.15, 0.2) is 24.3 Å². The van der Waals surface area contributed by atoms with Crippen LogP contribution >= 0.6 is 0 Å². The van der Waals surface area contributed by atoms with E-state index in [1.807, 2.05) is 13.0 Å². The van der Waals surface area contributed by atoms with Gasteiger partial charge in [-0.1, -0.05) is 13.3 Å². The van der Waals surface area contributed by atoms with Crippen molar-refractivity contribution in [3.05, 3.63) is 53.0 Å². The SMILES string of the molecule is CCCc1cc(NCC)nc(Cc2cc(F)cc(F)c2)n1. The van der Waals surface area contributed by atoms with Crippen LogP contribution in [0.1, 0.15) is 37.4 Å². The number of aromatic nitrogens is 2. The molecule has 1 aromatic carbocycles.